The van der Waals surface area contributed by atoms with Gasteiger partial charge in [-0.2, -0.15) is 0 Å². The molecule has 0 saturated carbocycles. The summed E-state index contributed by atoms with van der Waals surface area (Å²) >= 11 is 5.41. The maximum Gasteiger partial charge on any atom is 0.0219 e. The molecule has 0 heterocycles. The van der Waals surface area contributed by atoms with E-state index in [-0.39, 0.29) is 13.2 Å². The van der Waals surface area contributed by atoms with E-state index in [0.717, 1.165) is 0 Å². The van der Waals surface area contributed by atoms with Gasteiger partial charge in [0.1, 0.15) is 0 Å². The first-order chi connectivity index (χ1) is 4.63. The molecule has 0 bridgehead atoms. The van der Waals surface area contributed by atoms with Crippen molar-refractivity contribution in [3.05, 3.63) is 0 Å². The zero-order valence-electron chi connectivity index (χ0n) is 8.22. The van der Waals surface area contributed by atoms with Gasteiger partial charge in [0, 0.05) is 9.49 Å². The van der Waals surface area contributed by atoms with E-state index in [1.54, 1.807) is 0 Å². The van der Waals surface area contributed by atoms with Gasteiger partial charge in [0.05, 0.1) is 0 Å². The lowest BCUT2D eigenvalue weighted by Crippen LogP contribution is -2.22. The van der Waals surface area contributed by atoms with E-state index in [2.05, 4.69) is 41.5 Å². The number of hydrogen-bond donors (Lipinski definition) is 0. The average Bonchev–Trinajstić information content (AvgIpc) is 1.56. The van der Waals surface area contributed by atoms with Crippen molar-refractivity contribution in [2.75, 3.05) is 0 Å². The van der Waals surface area contributed by atoms with Crippen molar-refractivity contribution in [1.82, 2.24) is 0 Å². The molecule has 1 atom stereocenters. The molecule has 0 aromatic heterocycles. The van der Waals surface area contributed by atoms with Crippen molar-refractivity contribution in [3.63, 3.8) is 0 Å². The Kier molecular flexibility index (Phi) is 4.07. The molecular weight excluding hydrogens is 192 g/mol. The minimum Gasteiger partial charge on any atom is -0.0834 e. The van der Waals surface area contributed by atoms with Crippen molar-refractivity contribution >= 4 is 30.5 Å². The molecule has 0 aliphatic carbocycles. The first kappa shape index (κ1) is 11.9. The predicted molar refractivity (Wildman–Crippen MR) is 61.8 cm³/mol. The highest BCUT2D eigenvalue weighted by atomic mass is 33.3. The molecule has 0 aromatic carbocycles. The highest BCUT2D eigenvalue weighted by Crippen LogP contribution is 2.33. The standard InChI is InChI=1S/C8H18S3/c1-7(2,3)10-11(9)8(4,5)6/h1-6H3. The van der Waals surface area contributed by atoms with Crippen LogP contribution in [0.1, 0.15) is 41.5 Å². The van der Waals surface area contributed by atoms with Crippen molar-refractivity contribution < 1.29 is 0 Å². The second kappa shape index (κ2) is 3.75. The molecule has 68 valence electrons. The van der Waals surface area contributed by atoms with Gasteiger partial charge in [0.2, 0.25) is 0 Å². The van der Waals surface area contributed by atoms with Crippen molar-refractivity contribution in [1.29, 1.82) is 0 Å². The summed E-state index contributed by atoms with van der Waals surface area (Å²) in [6.07, 6.45) is 0. The third-order valence-corrected chi connectivity index (χ3v) is 8.04. The topological polar surface area (TPSA) is 0 Å². The van der Waals surface area contributed by atoms with Gasteiger partial charge in [0.25, 0.3) is 0 Å². The lowest BCUT2D eigenvalue weighted by atomic mass is 10.3. The minimum absolute atomic E-state index is 0.0432. The summed E-state index contributed by atoms with van der Waals surface area (Å²) < 4.78 is 0.575. The summed E-state index contributed by atoms with van der Waals surface area (Å²) in [7, 11) is 1.95. The van der Waals surface area contributed by atoms with Crippen LogP contribution in [0.5, 0.6) is 0 Å². The van der Waals surface area contributed by atoms with Gasteiger partial charge in [-0.3, -0.25) is 0 Å². The Morgan fingerprint density at radius 1 is 1.00 bits per heavy atom. The predicted octanol–water partition coefficient (Wildman–Crippen LogP) is 3.31. The molecule has 0 N–H and O–H groups in total. The smallest absolute Gasteiger partial charge is 0.0219 e. The van der Waals surface area contributed by atoms with Crippen LogP contribution < -0.4 is 0 Å². The van der Waals surface area contributed by atoms with Gasteiger partial charge in [0.15, 0.2) is 0 Å². The highest BCUT2D eigenvalue weighted by molar-refractivity contribution is 8.83. The zero-order valence-corrected chi connectivity index (χ0v) is 10.7. The van der Waals surface area contributed by atoms with Crippen LogP contribution in [0.25, 0.3) is 0 Å². The fraction of sp³-hybridized carbons (Fsp3) is 1.00. The summed E-state index contributed by atoms with van der Waals surface area (Å²) in [6.45, 7) is 13.3. The van der Waals surface area contributed by atoms with Crippen LogP contribution in [0.4, 0.5) is 0 Å². The molecule has 0 fully saturated rings. The number of hydrogen-bond acceptors (Lipinski definition) is 2. The fourth-order valence-corrected chi connectivity index (χ4v) is 5.01. The lowest BCUT2D eigenvalue weighted by molar-refractivity contribution is 0.797. The molecule has 0 aliphatic rings. The second-order valence-electron chi connectivity index (χ2n) is 4.54. The SMILES string of the molecule is CC(C)(C)SS(=S)C(C)(C)C. The van der Waals surface area contributed by atoms with Gasteiger partial charge in [-0.05, 0) is 32.0 Å². The average molecular weight is 210 g/mol. The third kappa shape index (κ3) is 6.12. The summed E-state index contributed by atoms with van der Waals surface area (Å²) in [5.41, 5.74) is 0. The van der Waals surface area contributed by atoms with Crippen LogP contribution in [-0.2, 0) is 19.7 Å². The minimum atomic E-state index is 0.0432. The first-order valence-electron chi connectivity index (χ1n) is 3.74. The molecule has 3 heteroatoms. The Labute approximate surface area is 81.5 Å². The van der Waals surface area contributed by atoms with Gasteiger partial charge < -0.3 is 0 Å². The Bertz CT molecular complexity index is 148. The molecular formula is C8H18S3. The van der Waals surface area contributed by atoms with Crippen LogP contribution in [0.2, 0.25) is 0 Å². The quantitative estimate of drug-likeness (QED) is 0.609. The molecule has 0 nitrogen and oxygen atoms in total. The van der Waals surface area contributed by atoms with Crippen LogP contribution >= 0.6 is 10.8 Å². The Balaban J connectivity index is 4.11. The number of rotatable bonds is 1. The zero-order chi connectivity index (χ0) is 9.28. The van der Waals surface area contributed by atoms with E-state index in [9.17, 15) is 0 Å². The van der Waals surface area contributed by atoms with Crippen LogP contribution in [0, 0.1) is 0 Å². The molecule has 1 unspecified atom stereocenters. The normalized spacial score (nSPS) is 16.5. The molecule has 0 rings (SSSR count). The van der Waals surface area contributed by atoms with E-state index in [1.165, 1.54) is 0 Å². The molecule has 0 aliphatic heterocycles. The van der Waals surface area contributed by atoms with Crippen molar-refractivity contribution in [3.8, 4) is 0 Å². The maximum absolute atomic E-state index is 5.41. The summed E-state index contributed by atoms with van der Waals surface area (Å²) in [5.74, 6) is 0. The summed E-state index contributed by atoms with van der Waals surface area (Å²) in [6, 6.07) is 0. The summed E-state index contributed by atoms with van der Waals surface area (Å²) in [5, 5.41) is 0. The Hall–Kier alpha value is 0.920. The monoisotopic (exact) mass is 210 g/mol. The van der Waals surface area contributed by atoms with E-state index in [4.69, 9.17) is 11.2 Å². The van der Waals surface area contributed by atoms with Gasteiger partial charge >= 0.3 is 0 Å². The second-order valence-corrected chi connectivity index (χ2v) is 10.8. The third-order valence-electron chi connectivity index (χ3n) is 0.826. The van der Waals surface area contributed by atoms with E-state index >= 15 is 0 Å². The van der Waals surface area contributed by atoms with Gasteiger partial charge in [-0.15, -0.1) is 0 Å². The molecule has 11 heavy (non-hydrogen) atoms. The lowest BCUT2D eigenvalue weighted by Gasteiger charge is -2.26. The molecule has 0 amide bonds. The molecule has 0 spiro atoms. The van der Waals surface area contributed by atoms with E-state index < -0.39 is 0 Å². The Morgan fingerprint density at radius 2 is 1.36 bits per heavy atom. The van der Waals surface area contributed by atoms with Crippen LogP contribution in [0.15, 0.2) is 0 Å². The maximum atomic E-state index is 5.41. The van der Waals surface area contributed by atoms with E-state index in [0.29, 0.717) is 4.75 Å². The van der Waals surface area contributed by atoms with Crippen LogP contribution in [0.3, 0.4) is 0 Å². The van der Waals surface area contributed by atoms with Gasteiger partial charge in [-0.1, -0.05) is 40.1 Å². The molecule has 0 saturated heterocycles. The highest BCUT2D eigenvalue weighted by Gasteiger charge is 2.22. The first-order valence-corrected chi connectivity index (χ1v) is 7.22. The Morgan fingerprint density at radius 3 is 1.45 bits per heavy atom. The van der Waals surface area contributed by atoms with Crippen molar-refractivity contribution in [2.45, 2.75) is 51.0 Å². The van der Waals surface area contributed by atoms with Gasteiger partial charge in [-0.25, -0.2) is 0 Å². The molecule has 0 aromatic rings. The van der Waals surface area contributed by atoms with Crippen LogP contribution in [-0.4, -0.2) is 9.49 Å². The van der Waals surface area contributed by atoms with E-state index in [1.807, 2.05) is 10.8 Å². The fourth-order valence-electron chi connectivity index (χ4n) is 0.352. The molecule has 0 radical (unpaired) electrons. The largest absolute Gasteiger partial charge is 0.0834 e. The van der Waals surface area contributed by atoms with Crippen molar-refractivity contribution in [2.24, 2.45) is 0 Å². The summed E-state index contributed by atoms with van der Waals surface area (Å²) in [4.78, 5) is 0.